The third-order valence-electron chi connectivity index (χ3n) is 6.65. The Balaban J connectivity index is 1.89. The van der Waals surface area contributed by atoms with Gasteiger partial charge in [-0.2, -0.15) is 0 Å². The van der Waals surface area contributed by atoms with E-state index >= 15 is 0 Å². The molecule has 7 nitrogen and oxygen atoms in total. The molecule has 2 aliphatic heterocycles. The van der Waals surface area contributed by atoms with Crippen LogP contribution in [0.1, 0.15) is 43.5 Å². The van der Waals surface area contributed by atoms with E-state index < -0.39 is 40.8 Å². The molecule has 0 radical (unpaired) electrons. The molecule has 0 saturated carbocycles. The normalized spacial score (nSPS) is 27.6. The van der Waals surface area contributed by atoms with Crippen LogP contribution in [0.15, 0.2) is 48.5 Å². The number of nitrogens with zero attached hydrogens (tertiary/aromatic N) is 1. The van der Waals surface area contributed by atoms with Gasteiger partial charge >= 0.3 is 5.97 Å². The van der Waals surface area contributed by atoms with Gasteiger partial charge in [-0.05, 0) is 56.5 Å². The number of likely N-dealkylation sites (tertiary alicyclic amines) is 1. The first-order valence-electron chi connectivity index (χ1n) is 10.7. The second-order valence-corrected chi connectivity index (χ2v) is 9.78. The molecule has 2 saturated heterocycles. The standard InChI is InChI=1S/C25H28N2O5/c1-14-7-5-6-8-17(14)20-18-19(22(30)27(21(18)29)24(2,3)4)25(26-20,23(31)32)13-15-9-11-16(28)12-10-15/h5-12,18-20,26,28H,13H2,1-4H3,(H,31,32). The van der Waals surface area contributed by atoms with Crippen LogP contribution < -0.4 is 5.32 Å². The fourth-order valence-corrected chi connectivity index (χ4v) is 5.24. The zero-order chi connectivity index (χ0) is 23.4. The summed E-state index contributed by atoms with van der Waals surface area (Å²) >= 11 is 0. The molecule has 168 valence electrons. The number of fused-ring (bicyclic) bond motifs is 1. The molecule has 4 unspecified atom stereocenters. The number of amides is 2. The van der Waals surface area contributed by atoms with Gasteiger partial charge in [-0.1, -0.05) is 36.4 Å². The molecular weight excluding hydrogens is 408 g/mol. The van der Waals surface area contributed by atoms with E-state index in [0.29, 0.717) is 5.56 Å². The van der Waals surface area contributed by atoms with E-state index in [-0.39, 0.29) is 18.1 Å². The summed E-state index contributed by atoms with van der Waals surface area (Å²) in [4.78, 5) is 41.3. The van der Waals surface area contributed by atoms with Crippen LogP contribution in [0.5, 0.6) is 5.75 Å². The molecule has 0 spiro atoms. The van der Waals surface area contributed by atoms with Crippen molar-refractivity contribution in [3.8, 4) is 5.75 Å². The maximum absolute atomic E-state index is 13.6. The second-order valence-electron chi connectivity index (χ2n) is 9.78. The maximum atomic E-state index is 13.6. The molecule has 7 heteroatoms. The fraction of sp³-hybridized carbons (Fsp3) is 0.400. The Morgan fingerprint density at radius 3 is 2.25 bits per heavy atom. The topological polar surface area (TPSA) is 107 Å². The van der Waals surface area contributed by atoms with Crippen molar-refractivity contribution in [1.82, 2.24) is 10.2 Å². The molecule has 2 amide bonds. The van der Waals surface area contributed by atoms with E-state index in [1.807, 2.05) is 31.2 Å². The van der Waals surface area contributed by atoms with Crippen molar-refractivity contribution in [3.05, 3.63) is 65.2 Å². The highest BCUT2D eigenvalue weighted by Crippen LogP contribution is 2.51. The number of carboxylic acids is 1. The predicted molar refractivity (Wildman–Crippen MR) is 118 cm³/mol. The van der Waals surface area contributed by atoms with Crippen molar-refractivity contribution in [2.45, 2.75) is 51.2 Å². The monoisotopic (exact) mass is 436 g/mol. The van der Waals surface area contributed by atoms with Crippen LogP contribution in [0.2, 0.25) is 0 Å². The van der Waals surface area contributed by atoms with Gasteiger partial charge in [0.05, 0.1) is 11.8 Å². The minimum Gasteiger partial charge on any atom is -0.508 e. The van der Waals surface area contributed by atoms with Crippen LogP contribution in [0.3, 0.4) is 0 Å². The van der Waals surface area contributed by atoms with Gasteiger partial charge in [-0.15, -0.1) is 0 Å². The van der Waals surface area contributed by atoms with Crippen LogP contribution in [-0.4, -0.2) is 44.0 Å². The summed E-state index contributed by atoms with van der Waals surface area (Å²) in [7, 11) is 0. The van der Waals surface area contributed by atoms with Gasteiger partial charge < -0.3 is 10.2 Å². The quantitative estimate of drug-likeness (QED) is 0.637. The highest BCUT2D eigenvalue weighted by Gasteiger charge is 2.69. The lowest BCUT2D eigenvalue weighted by Crippen LogP contribution is -2.58. The van der Waals surface area contributed by atoms with Crippen molar-refractivity contribution in [3.63, 3.8) is 0 Å². The first-order chi connectivity index (χ1) is 15.0. The Hall–Kier alpha value is -3.19. The lowest BCUT2D eigenvalue weighted by molar-refractivity contribution is -0.153. The van der Waals surface area contributed by atoms with Crippen molar-refractivity contribution in [2.75, 3.05) is 0 Å². The SMILES string of the molecule is Cc1ccccc1C1NC(Cc2ccc(O)cc2)(C(=O)O)C2C(=O)N(C(C)(C)C)C(=O)C12. The van der Waals surface area contributed by atoms with E-state index in [1.54, 1.807) is 32.9 Å². The summed E-state index contributed by atoms with van der Waals surface area (Å²) < 4.78 is 0. The highest BCUT2D eigenvalue weighted by atomic mass is 16.4. The number of imide groups is 1. The summed E-state index contributed by atoms with van der Waals surface area (Å²) in [5.74, 6) is -3.78. The second kappa shape index (κ2) is 7.45. The van der Waals surface area contributed by atoms with Crippen LogP contribution in [0, 0.1) is 18.8 Å². The molecule has 2 aliphatic rings. The van der Waals surface area contributed by atoms with Gasteiger partial charge in [0.25, 0.3) is 0 Å². The van der Waals surface area contributed by atoms with E-state index in [0.717, 1.165) is 11.1 Å². The number of carboxylic acid groups (broad SMARTS) is 1. The molecule has 4 rings (SSSR count). The van der Waals surface area contributed by atoms with E-state index in [9.17, 15) is 24.6 Å². The van der Waals surface area contributed by atoms with Crippen molar-refractivity contribution >= 4 is 17.8 Å². The molecule has 32 heavy (non-hydrogen) atoms. The number of carbonyl (C=O) groups is 3. The number of hydrogen-bond acceptors (Lipinski definition) is 5. The summed E-state index contributed by atoms with van der Waals surface area (Å²) in [5, 5.41) is 23.3. The predicted octanol–water partition coefficient (Wildman–Crippen LogP) is 2.81. The first kappa shape index (κ1) is 22.0. The molecule has 3 N–H and O–H groups in total. The Labute approximate surface area is 187 Å². The zero-order valence-corrected chi connectivity index (χ0v) is 18.6. The number of nitrogens with one attached hydrogen (secondary N) is 1. The largest absolute Gasteiger partial charge is 0.508 e. The van der Waals surface area contributed by atoms with Crippen LogP contribution >= 0.6 is 0 Å². The van der Waals surface area contributed by atoms with Gasteiger partial charge in [0.1, 0.15) is 11.3 Å². The molecule has 0 aromatic heterocycles. The summed E-state index contributed by atoms with van der Waals surface area (Å²) in [6.07, 6.45) is 0.00314. The summed E-state index contributed by atoms with van der Waals surface area (Å²) in [6.45, 7) is 7.25. The fourth-order valence-electron chi connectivity index (χ4n) is 5.24. The lowest BCUT2D eigenvalue weighted by Gasteiger charge is -2.35. The zero-order valence-electron chi connectivity index (χ0n) is 18.6. The Kier molecular flexibility index (Phi) is 5.12. The molecule has 0 bridgehead atoms. The smallest absolute Gasteiger partial charge is 0.325 e. The van der Waals surface area contributed by atoms with E-state index in [4.69, 9.17) is 0 Å². The third kappa shape index (κ3) is 3.28. The first-order valence-corrected chi connectivity index (χ1v) is 10.7. The highest BCUT2D eigenvalue weighted by molar-refractivity contribution is 6.10. The number of hydrogen-bond donors (Lipinski definition) is 3. The van der Waals surface area contributed by atoms with Crippen molar-refractivity contribution in [2.24, 2.45) is 11.8 Å². The van der Waals surface area contributed by atoms with Crippen LogP contribution in [0.4, 0.5) is 0 Å². The van der Waals surface area contributed by atoms with E-state index in [1.165, 1.54) is 17.0 Å². The van der Waals surface area contributed by atoms with Crippen LogP contribution in [0.25, 0.3) is 0 Å². The number of rotatable bonds is 4. The number of carbonyl (C=O) groups excluding carboxylic acids is 2. The molecule has 2 aromatic rings. The van der Waals surface area contributed by atoms with Gasteiger partial charge in [0.15, 0.2) is 0 Å². The maximum Gasteiger partial charge on any atom is 0.325 e. The average Bonchev–Trinajstić information content (AvgIpc) is 3.18. The number of aryl methyl sites for hydroxylation is 1. The molecule has 2 heterocycles. The number of phenolic OH excluding ortho intramolecular Hbond substituents is 1. The average molecular weight is 437 g/mol. The molecule has 0 aliphatic carbocycles. The Bertz CT molecular complexity index is 1090. The number of aromatic hydroxyl groups is 1. The summed E-state index contributed by atoms with van der Waals surface area (Å²) in [5.41, 5.74) is -0.0487. The molecule has 4 atom stereocenters. The number of aliphatic carboxylic acids is 1. The Morgan fingerprint density at radius 2 is 1.69 bits per heavy atom. The Morgan fingerprint density at radius 1 is 1.06 bits per heavy atom. The van der Waals surface area contributed by atoms with Gasteiger partial charge in [-0.3, -0.25) is 24.6 Å². The molecule has 2 fully saturated rings. The number of phenols is 1. The summed E-state index contributed by atoms with van der Waals surface area (Å²) in [6, 6.07) is 13.2. The lowest BCUT2D eigenvalue weighted by atomic mass is 9.76. The minimum atomic E-state index is -1.67. The molecular formula is C25H28N2O5. The van der Waals surface area contributed by atoms with Crippen molar-refractivity contribution in [1.29, 1.82) is 0 Å². The van der Waals surface area contributed by atoms with Gasteiger partial charge in [-0.25, -0.2) is 0 Å². The minimum absolute atomic E-state index is 0.00314. The van der Waals surface area contributed by atoms with E-state index in [2.05, 4.69) is 5.32 Å². The third-order valence-corrected chi connectivity index (χ3v) is 6.65. The van der Waals surface area contributed by atoms with Gasteiger partial charge in [0, 0.05) is 18.0 Å². The van der Waals surface area contributed by atoms with Gasteiger partial charge in [0.2, 0.25) is 11.8 Å². The van der Waals surface area contributed by atoms with Crippen LogP contribution in [-0.2, 0) is 20.8 Å². The molecule has 2 aromatic carbocycles. The number of benzene rings is 2. The van der Waals surface area contributed by atoms with Crippen molar-refractivity contribution < 1.29 is 24.6 Å².